The van der Waals surface area contributed by atoms with E-state index in [0.717, 1.165) is 18.4 Å². The highest BCUT2D eigenvalue weighted by Gasteiger charge is 2.22. The Balaban J connectivity index is 2.39. The van der Waals surface area contributed by atoms with Crippen LogP contribution in [0.1, 0.15) is 39.2 Å². The minimum Gasteiger partial charge on any atom is -0.507 e. The summed E-state index contributed by atoms with van der Waals surface area (Å²) >= 11 is 0. The standard InChI is InChI=1S/C18H20O4/c1-5-7-13-8-12(4)21-16-10-14(9-15(19)17(13)16)22-18(20)11(3)6-2/h6,8-10,19H,4-5,7H2,1-3H3/b11-6+. The number of hydrogen-bond donors (Lipinski definition) is 1. The fourth-order valence-corrected chi connectivity index (χ4v) is 2.25. The molecular formula is C18H20O4. The third-order valence-corrected chi connectivity index (χ3v) is 3.44. The van der Waals surface area contributed by atoms with E-state index in [1.165, 1.54) is 6.07 Å². The molecule has 1 heterocycles. The number of carbonyl (C=O) groups excluding carboxylic acids is 1. The van der Waals surface area contributed by atoms with Crippen molar-refractivity contribution >= 4 is 11.5 Å². The summed E-state index contributed by atoms with van der Waals surface area (Å²) in [6.07, 6.45) is 5.23. The van der Waals surface area contributed by atoms with Gasteiger partial charge in [-0.15, -0.1) is 0 Å². The van der Waals surface area contributed by atoms with Gasteiger partial charge in [0.05, 0.1) is 5.56 Å². The molecule has 0 aliphatic carbocycles. The Morgan fingerprint density at radius 1 is 1.45 bits per heavy atom. The van der Waals surface area contributed by atoms with Gasteiger partial charge in [-0.3, -0.25) is 0 Å². The first kappa shape index (κ1) is 15.9. The molecule has 0 unspecified atom stereocenters. The summed E-state index contributed by atoms with van der Waals surface area (Å²) in [7, 11) is 0. The van der Waals surface area contributed by atoms with Crippen LogP contribution in [-0.4, -0.2) is 11.1 Å². The summed E-state index contributed by atoms with van der Waals surface area (Å²) in [6.45, 7) is 9.30. The third-order valence-electron chi connectivity index (χ3n) is 3.44. The van der Waals surface area contributed by atoms with Crippen molar-refractivity contribution in [1.29, 1.82) is 0 Å². The zero-order valence-electron chi connectivity index (χ0n) is 13.1. The maximum absolute atomic E-state index is 11.8. The maximum Gasteiger partial charge on any atom is 0.338 e. The lowest BCUT2D eigenvalue weighted by molar-refractivity contribution is -0.130. The van der Waals surface area contributed by atoms with Crippen molar-refractivity contribution in [2.75, 3.05) is 0 Å². The third kappa shape index (κ3) is 3.22. The van der Waals surface area contributed by atoms with Gasteiger partial charge in [-0.1, -0.05) is 26.0 Å². The average molecular weight is 300 g/mol. The van der Waals surface area contributed by atoms with Crippen LogP contribution in [-0.2, 0) is 4.79 Å². The van der Waals surface area contributed by atoms with E-state index in [0.29, 0.717) is 22.6 Å². The number of aromatic hydroxyl groups is 1. The number of carbonyl (C=O) groups is 1. The smallest absolute Gasteiger partial charge is 0.338 e. The van der Waals surface area contributed by atoms with E-state index in [1.54, 1.807) is 26.0 Å². The molecule has 1 aromatic carbocycles. The molecule has 1 aliphatic rings. The van der Waals surface area contributed by atoms with Crippen LogP contribution in [0.2, 0.25) is 0 Å². The monoisotopic (exact) mass is 300 g/mol. The molecule has 0 bridgehead atoms. The number of allylic oxidation sites excluding steroid dienone is 3. The first-order chi connectivity index (χ1) is 10.5. The van der Waals surface area contributed by atoms with Gasteiger partial charge in [-0.25, -0.2) is 4.79 Å². The zero-order valence-corrected chi connectivity index (χ0v) is 13.1. The number of esters is 1. The van der Waals surface area contributed by atoms with E-state index < -0.39 is 5.97 Å². The molecule has 2 rings (SSSR count). The summed E-state index contributed by atoms with van der Waals surface area (Å²) in [6, 6.07) is 3.03. The Bertz CT molecular complexity index is 681. The van der Waals surface area contributed by atoms with Crippen molar-refractivity contribution in [2.24, 2.45) is 0 Å². The first-order valence-corrected chi connectivity index (χ1v) is 7.26. The maximum atomic E-state index is 11.8. The molecular weight excluding hydrogens is 280 g/mol. The van der Waals surface area contributed by atoms with Gasteiger partial charge in [0.2, 0.25) is 0 Å². The number of benzene rings is 1. The molecule has 0 amide bonds. The minimum absolute atomic E-state index is 0.0330. The van der Waals surface area contributed by atoms with E-state index in [9.17, 15) is 9.90 Å². The summed E-state index contributed by atoms with van der Waals surface area (Å²) < 4.78 is 10.8. The van der Waals surface area contributed by atoms with Gasteiger partial charge in [0.25, 0.3) is 0 Å². The second-order valence-corrected chi connectivity index (χ2v) is 5.16. The zero-order chi connectivity index (χ0) is 16.3. The largest absolute Gasteiger partial charge is 0.507 e. The van der Waals surface area contributed by atoms with Gasteiger partial charge >= 0.3 is 5.97 Å². The second kappa shape index (κ2) is 6.52. The van der Waals surface area contributed by atoms with Crippen molar-refractivity contribution in [3.8, 4) is 17.2 Å². The fourth-order valence-electron chi connectivity index (χ4n) is 2.25. The molecule has 0 spiro atoms. The highest BCUT2D eigenvalue weighted by atomic mass is 16.5. The van der Waals surface area contributed by atoms with Crippen LogP contribution >= 0.6 is 0 Å². The van der Waals surface area contributed by atoms with E-state index in [1.807, 2.05) is 6.08 Å². The van der Waals surface area contributed by atoms with Gasteiger partial charge in [0.15, 0.2) is 0 Å². The van der Waals surface area contributed by atoms with Crippen molar-refractivity contribution in [3.05, 3.63) is 47.8 Å². The Hall–Kier alpha value is -2.49. The van der Waals surface area contributed by atoms with Gasteiger partial charge < -0.3 is 14.6 Å². The highest BCUT2D eigenvalue weighted by molar-refractivity contribution is 5.90. The van der Waals surface area contributed by atoms with Crippen LogP contribution in [0.3, 0.4) is 0 Å². The minimum atomic E-state index is -0.458. The number of fused-ring (bicyclic) bond motifs is 1. The van der Waals surface area contributed by atoms with Crippen LogP contribution < -0.4 is 9.47 Å². The van der Waals surface area contributed by atoms with Gasteiger partial charge in [0.1, 0.15) is 23.0 Å². The molecule has 4 heteroatoms. The first-order valence-electron chi connectivity index (χ1n) is 7.26. The highest BCUT2D eigenvalue weighted by Crippen LogP contribution is 2.43. The van der Waals surface area contributed by atoms with Crippen molar-refractivity contribution < 1.29 is 19.4 Å². The summed E-state index contributed by atoms with van der Waals surface area (Å²) in [5.41, 5.74) is 2.10. The number of rotatable bonds is 4. The lowest BCUT2D eigenvalue weighted by atomic mass is 9.96. The topological polar surface area (TPSA) is 55.8 Å². The van der Waals surface area contributed by atoms with Gasteiger partial charge in [-0.05, 0) is 31.9 Å². The molecule has 4 nitrogen and oxygen atoms in total. The molecule has 0 saturated heterocycles. The Kier molecular flexibility index (Phi) is 4.71. The molecule has 0 radical (unpaired) electrons. The van der Waals surface area contributed by atoms with E-state index in [-0.39, 0.29) is 11.5 Å². The van der Waals surface area contributed by atoms with Gasteiger partial charge in [0, 0.05) is 17.7 Å². The van der Waals surface area contributed by atoms with E-state index in [2.05, 4.69) is 13.5 Å². The Labute approximate surface area is 130 Å². The fraction of sp³-hybridized carbons (Fsp3) is 0.278. The average Bonchev–Trinajstić information content (AvgIpc) is 2.45. The lowest BCUT2D eigenvalue weighted by Gasteiger charge is -2.21. The van der Waals surface area contributed by atoms with E-state index in [4.69, 9.17) is 9.47 Å². The molecule has 116 valence electrons. The number of phenols is 1. The van der Waals surface area contributed by atoms with Crippen LogP contribution in [0.4, 0.5) is 0 Å². The van der Waals surface area contributed by atoms with Crippen molar-refractivity contribution in [2.45, 2.75) is 33.6 Å². The molecule has 0 fully saturated rings. The summed E-state index contributed by atoms with van der Waals surface area (Å²) in [5.74, 6) is 0.778. The predicted molar refractivity (Wildman–Crippen MR) is 85.8 cm³/mol. The Morgan fingerprint density at radius 3 is 2.82 bits per heavy atom. The van der Waals surface area contributed by atoms with Crippen molar-refractivity contribution in [1.82, 2.24) is 0 Å². The molecule has 1 aromatic rings. The number of hydrogen-bond acceptors (Lipinski definition) is 4. The van der Waals surface area contributed by atoms with Crippen LogP contribution in [0.15, 0.2) is 42.2 Å². The lowest BCUT2D eigenvalue weighted by Crippen LogP contribution is -2.10. The van der Waals surface area contributed by atoms with Crippen LogP contribution in [0, 0.1) is 0 Å². The number of phenolic OH excluding ortho intramolecular Hbond substituents is 1. The molecule has 0 atom stereocenters. The summed E-state index contributed by atoms with van der Waals surface area (Å²) in [5, 5.41) is 10.3. The molecule has 1 N–H and O–H groups in total. The van der Waals surface area contributed by atoms with Crippen LogP contribution in [0.25, 0.3) is 5.57 Å². The quantitative estimate of drug-likeness (QED) is 0.510. The SMILES string of the molecule is C=C1C=C(CCC)c2c(O)cc(OC(=O)/C(C)=C/C)cc2O1. The predicted octanol–water partition coefficient (Wildman–Crippen LogP) is 4.35. The number of ether oxygens (including phenoxy) is 2. The second-order valence-electron chi connectivity index (χ2n) is 5.16. The molecule has 0 aromatic heterocycles. The molecule has 22 heavy (non-hydrogen) atoms. The molecule has 1 aliphatic heterocycles. The van der Waals surface area contributed by atoms with E-state index >= 15 is 0 Å². The van der Waals surface area contributed by atoms with Crippen LogP contribution in [0.5, 0.6) is 17.2 Å². The van der Waals surface area contributed by atoms with Crippen molar-refractivity contribution in [3.63, 3.8) is 0 Å². The molecule has 0 saturated carbocycles. The van der Waals surface area contributed by atoms with Gasteiger partial charge in [-0.2, -0.15) is 0 Å². The Morgan fingerprint density at radius 2 is 2.18 bits per heavy atom. The summed E-state index contributed by atoms with van der Waals surface area (Å²) in [4.78, 5) is 11.8. The normalized spacial score (nSPS) is 14.0.